The third-order valence-electron chi connectivity index (χ3n) is 5.59. The summed E-state index contributed by atoms with van der Waals surface area (Å²) in [6.45, 7) is 4.61. The van der Waals surface area contributed by atoms with Crippen molar-refractivity contribution in [3.63, 3.8) is 0 Å². The van der Waals surface area contributed by atoms with Gasteiger partial charge in [0, 0.05) is 5.92 Å². The van der Waals surface area contributed by atoms with Crippen molar-refractivity contribution in [2.24, 2.45) is 5.92 Å². The maximum atomic E-state index is 11.9. The number of esters is 1. The average Bonchev–Trinajstić information content (AvgIpc) is 2.97. The summed E-state index contributed by atoms with van der Waals surface area (Å²) in [5.41, 5.74) is 1.50. The van der Waals surface area contributed by atoms with E-state index in [0.29, 0.717) is 89.0 Å². The van der Waals surface area contributed by atoms with Crippen molar-refractivity contribution in [2.75, 3.05) is 66.6 Å². The summed E-state index contributed by atoms with van der Waals surface area (Å²) in [6.07, 6.45) is 9.41. The van der Waals surface area contributed by atoms with E-state index in [1.807, 2.05) is 30.3 Å². The molecular formula is C30H38O8. The lowest BCUT2D eigenvalue weighted by Crippen LogP contribution is -2.15. The van der Waals surface area contributed by atoms with Crippen LogP contribution in [0.25, 0.3) is 0 Å². The first-order valence-corrected chi connectivity index (χ1v) is 12.9. The normalized spacial score (nSPS) is 14.4. The molecule has 0 spiro atoms. The number of benzene rings is 2. The molecule has 1 unspecified atom stereocenters. The van der Waals surface area contributed by atoms with Crippen LogP contribution in [0.4, 0.5) is 0 Å². The molecule has 8 nitrogen and oxygen atoms in total. The van der Waals surface area contributed by atoms with Crippen molar-refractivity contribution in [1.82, 2.24) is 0 Å². The Kier molecular flexibility index (Phi) is 14.0. The Labute approximate surface area is 225 Å². The van der Waals surface area contributed by atoms with Crippen LogP contribution in [0.15, 0.2) is 72.8 Å². The fourth-order valence-electron chi connectivity index (χ4n) is 3.60. The Balaban J connectivity index is 1.30. The van der Waals surface area contributed by atoms with Crippen molar-refractivity contribution in [3.05, 3.63) is 84.0 Å². The molecule has 0 fully saturated rings. The quantitative estimate of drug-likeness (QED) is 0.194. The largest absolute Gasteiger partial charge is 0.487 e. The van der Waals surface area contributed by atoms with E-state index in [2.05, 4.69) is 24.3 Å². The van der Waals surface area contributed by atoms with Gasteiger partial charge in [-0.3, -0.25) is 0 Å². The highest BCUT2D eigenvalue weighted by atomic mass is 16.6. The molecule has 0 aromatic heterocycles. The molecule has 0 saturated carbocycles. The predicted octanol–water partition coefficient (Wildman–Crippen LogP) is 4.63. The van der Waals surface area contributed by atoms with Gasteiger partial charge in [0.15, 0.2) is 11.5 Å². The zero-order valence-electron chi connectivity index (χ0n) is 22.0. The van der Waals surface area contributed by atoms with Gasteiger partial charge in [0.25, 0.3) is 0 Å². The molecule has 8 heteroatoms. The standard InChI is InChI=1S/C30H38O8/c1-32-30(31)27-12-13-28(37-20-18-33-14-16-35-23-25-8-4-2-5-9-25)29(22-27)38-21-19-34-15-17-36-24-26-10-6-3-7-11-26/h2-10,12-13,22,26H,11,14-21,23-24H2,1H3. The summed E-state index contributed by atoms with van der Waals surface area (Å²) >= 11 is 0. The third kappa shape index (κ3) is 11.5. The van der Waals surface area contributed by atoms with Crippen LogP contribution < -0.4 is 9.47 Å². The van der Waals surface area contributed by atoms with Gasteiger partial charge in [0.05, 0.1) is 65.5 Å². The van der Waals surface area contributed by atoms with Gasteiger partial charge in [-0.25, -0.2) is 4.79 Å². The molecule has 2 aromatic rings. The summed E-state index contributed by atoms with van der Waals surface area (Å²) in [6, 6.07) is 14.9. The van der Waals surface area contributed by atoms with Crippen LogP contribution in [0.3, 0.4) is 0 Å². The van der Waals surface area contributed by atoms with E-state index in [1.165, 1.54) is 7.11 Å². The number of methoxy groups -OCH3 is 1. The highest BCUT2D eigenvalue weighted by Crippen LogP contribution is 2.29. The lowest BCUT2D eigenvalue weighted by atomic mass is 10.0. The van der Waals surface area contributed by atoms with Crippen molar-refractivity contribution < 1.29 is 38.0 Å². The highest BCUT2D eigenvalue weighted by molar-refractivity contribution is 5.90. The van der Waals surface area contributed by atoms with Crippen LogP contribution in [-0.2, 0) is 30.3 Å². The molecule has 2 aromatic carbocycles. The van der Waals surface area contributed by atoms with Gasteiger partial charge in [-0.2, -0.15) is 0 Å². The van der Waals surface area contributed by atoms with E-state index >= 15 is 0 Å². The van der Waals surface area contributed by atoms with Crippen molar-refractivity contribution >= 4 is 5.97 Å². The Morgan fingerprint density at radius 1 is 0.763 bits per heavy atom. The van der Waals surface area contributed by atoms with Gasteiger partial charge in [-0.1, -0.05) is 54.6 Å². The van der Waals surface area contributed by atoms with Gasteiger partial charge >= 0.3 is 5.97 Å². The van der Waals surface area contributed by atoms with E-state index in [9.17, 15) is 4.79 Å². The summed E-state index contributed by atoms with van der Waals surface area (Å²) in [5.74, 6) is 0.940. The van der Waals surface area contributed by atoms with E-state index in [0.717, 1.165) is 12.0 Å². The molecule has 206 valence electrons. The minimum Gasteiger partial charge on any atom is -0.487 e. The van der Waals surface area contributed by atoms with Gasteiger partial charge in [0.1, 0.15) is 13.2 Å². The lowest BCUT2D eigenvalue weighted by Gasteiger charge is -2.15. The monoisotopic (exact) mass is 526 g/mol. The van der Waals surface area contributed by atoms with Crippen molar-refractivity contribution in [3.8, 4) is 11.5 Å². The number of hydrogen-bond donors (Lipinski definition) is 0. The SMILES string of the molecule is COC(=O)c1ccc(OCCOCCOCc2ccccc2)c(OCCOCCOCC2C=CC=CC2)c1. The molecule has 38 heavy (non-hydrogen) atoms. The number of rotatable bonds is 19. The number of allylic oxidation sites excluding steroid dienone is 3. The predicted molar refractivity (Wildman–Crippen MR) is 144 cm³/mol. The van der Waals surface area contributed by atoms with Crippen LogP contribution in [0, 0.1) is 5.92 Å². The molecular weight excluding hydrogens is 488 g/mol. The molecule has 0 amide bonds. The second-order valence-electron chi connectivity index (χ2n) is 8.50. The smallest absolute Gasteiger partial charge is 0.337 e. The number of hydrogen-bond acceptors (Lipinski definition) is 8. The minimum atomic E-state index is -0.447. The zero-order chi connectivity index (χ0) is 26.7. The summed E-state index contributed by atoms with van der Waals surface area (Å²) in [7, 11) is 1.34. The summed E-state index contributed by atoms with van der Waals surface area (Å²) in [4.78, 5) is 11.9. The Morgan fingerprint density at radius 3 is 2.16 bits per heavy atom. The van der Waals surface area contributed by atoms with Crippen LogP contribution in [-0.4, -0.2) is 72.5 Å². The van der Waals surface area contributed by atoms with Gasteiger partial charge in [-0.05, 0) is 30.2 Å². The Morgan fingerprint density at radius 2 is 1.45 bits per heavy atom. The van der Waals surface area contributed by atoms with Crippen molar-refractivity contribution in [1.29, 1.82) is 0 Å². The molecule has 1 atom stereocenters. The molecule has 3 rings (SSSR count). The van der Waals surface area contributed by atoms with Crippen LogP contribution in [0.2, 0.25) is 0 Å². The first-order valence-electron chi connectivity index (χ1n) is 12.9. The van der Waals surface area contributed by atoms with Crippen LogP contribution in [0.1, 0.15) is 22.3 Å². The molecule has 0 N–H and O–H groups in total. The highest BCUT2D eigenvalue weighted by Gasteiger charge is 2.12. The van der Waals surface area contributed by atoms with Gasteiger partial charge < -0.3 is 33.2 Å². The zero-order valence-corrected chi connectivity index (χ0v) is 22.0. The molecule has 0 aliphatic heterocycles. The topological polar surface area (TPSA) is 81.7 Å². The maximum Gasteiger partial charge on any atom is 0.337 e. The number of carbonyl (C=O) groups is 1. The van der Waals surface area contributed by atoms with Crippen LogP contribution in [0.5, 0.6) is 11.5 Å². The van der Waals surface area contributed by atoms with Crippen molar-refractivity contribution in [2.45, 2.75) is 13.0 Å². The van der Waals surface area contributed by atoms with E-state index in [-0.39, 0.29) is 0 Å². The second kappa shape index (κ2) is 18.1. The lowest BCUT2D eigenvalue weighted by molar-refractivity contribution is 0.0269. The van der Waals surface area contributed by atoms with Crippen LogP contribution >= 0.6 is 0 Å². The van der Waals surface area contributed by atoms with E-state index in [1.54, 1.807) is 18.2 Å². The Bertz CT molecular complexity index is 989. The molecule has 1 aliphatic carbocycles. The minimum absolute atomic E-state index is 0.298. The second-order valence-corrected chi connectivity index (χ2v) is 8.50. The van der Waals surface area contributed by atoms with Gasteiger partial charge in [-0.15, -0.1) is 0 Å². The third-order valence-corrected chi connectivity index (χ3v) is 5.59. The van der Waals surface area contributed by atoms with Gasteiger partial charge in [0.2, 0.25) is 0 Å². The number of carbonyl (C=O) groups excluding carboxylic acids is 1. The molecule has 0 bridgehead atoms. The number of ether oxygens (including phenoxy) is 7. The molecule has 1 aliphatic rings. The first-order chi connectivity index (χ1) is 18.8. The Hall–Kier alpha value is -3.17. The average molecular weight is 527 g/mol. The maximum absolute atomic E-state index is 11.9. The molecule has 0 radical (unpaired) electrons. The fraction of sp³-hybridized carbons (Fsp3) is 0.433. The van der Waals surface area contributed by atoms with E-state index < -0.39 is 5.97 Å². The van der Waals surface area contributed by atoms with E-state index in [4.69, 9.17) is 33.2 Å². The fourth-order valence-corrected chi connectivity index (χ4v) is 3.60. The molecule has 0 saturated heterocycles. The summed E-state index contributed by atoms with van der Waals surface area (Å²) < 4.78 is 39.0. The summed E-state index contributed by atoms with van der Waals surface area (Å²) in [5, 5.41) is 0. The molecule has 0 heterocycles. The first kappa shape index (κ1) is 29.4.